The number of hydrogen-bond donors (Lipinski definition) is 1. The second kappa shape index (κ2) is 8.43. The number of benzene rings is 2. The van der Waals surface area contributed by atoms with E-state index < -0.39 is 0 Å². The van der Waals surface area contributed by atoms with Crippen LogP contribution in [0.15, 0.2) is 49.0 Å². The molecule has 0 spiro atoms. The summed E-state index contributed by atoms with van der Waals surface area (Å²) in [5, 5.41) is 4.52. The summed E-state index contributed by atoms with van der Waals surface area (Å²) in [6.45, 7) is 10.1. The van der Waals surface area contributed by atoms with E-state index in [2.05, 4.69) is 34.9 Å². The van der Waals surface area contributed by atoms with Gasteiger partial charge in [-0.25, -0.2) is 9.13 Å². The molecule has 3 rings (SSSR count). The van der Waals surface area contributed by atoms with Gasteiger partial charge in [0.25, 0.3) is 0 Å². The van der Waals surface area contributed by atoms with Crippen LogP contribution in [0.25, 0.3) is 16.7 Å². The fraction of sp³-hybridized carbons (Fsp3) is 0.211. The zero-order valence-electron chi connectivity index (χ0n) is 14.2. The second-order valence-electron chi connectivity index (χ2n) is 5.54. The third-order valence-electron chi connectivity index (χ3n) is 4.08. The smallest absolute Gasteiger partial charge is 0.305 e. The zero-order chi connectivity index (χ0) is 17.3. The summed E-state index contributed by atoms with van der Waals surface area (Å²) in [6.07, 6.45) is 0. The molecule has 0 amide bonds. The Morgan fingerprint density at radius 2 is 1.76 bits per heavy atom. The molecule has 0 aliphatic rings. The maximum absolute atomic E-state index is 6.24. The molecule has 0 saturated carbocycles. The minimum Gasteiger partial charge on any atom is -1.00 e. The predicted octanol–water partition coefficient (Wildman–Crippen LogP) is 2.36. The second-order valence-corrected chi connectivity index (χ2v) is 6.35. The summed E-state index contributed by atoms with van der Waals surface area (Å²) in [7, 11) is 0. The first kappa shape index (κ1) is 20.1. The van der Waals surface area contributed by atoms with Crippen molar-refractivity contribution in [3.05, 3.63) is 64.9 Å². The first-order valence-electron chi connectivity index (χ1n) is 7.99. The first-order valence-corrected chi connectivity index (χ1v) is 8.74. The molecule has 0 aliphatic carbocycles. The molecule has 6 heteroatoms. The van der Waals surface area contributed by atoms with Gasteiger partial charge in [-0.1, -0.05) is 48.0 Å². The van der Waals surface area contributed by atoms with Gasteiger partial charge in [0.15, 0.2) is 11.0 Å². The Balaban J connectivity index is 0.00000225. The van der Waals surface area contributed by atoms with Crippen molar-refractivity contribution >= 4 is 45.6 Å². The molecule has 0 aliphatic heterocycles. The van der Waals surface area contributed by atoms with Crippen molar-refractivity contribution in [1.82, 2.24) is 4.57 Å². The number of aryl methyl sites for hydroxylation is 2. The average molecular weight is 488 g/mol. The number of imidazole rings is 1. The van der Waals surface area contributed by atoms with E-state index in [9.17, 15) is 0 Å². The van der Waals surface area contributed by atoms with Gasteiger partial charge in [-0.2, -0.15) is 0 Å². The molecule has 0 fully saturated rings. The van der Waals surface area contributed by atoms with Crippen molar-refractivity contribution in [2.75, 3.05) is 5.32 Å². The monoisotopic (exact) mass is 487 g/mol. The molecule has 132 valence electrons. The molecule has 3 nitrogen and oxygen atoms in total. The topological polar surface area (TPSA) is 20.8 Å². The third kappa shape index (κ3) is 3.81. The number of aromatic nitrogens is 2. The van der Waals surface area contributed by atoms with Crippen LogP contribution in [0.3, 0.4) is 0 Å². The van der Waals surface area contributed by atoms with E-state index in [1.165, 1.54) is 0 Å². The Labute approximate surface area is 175 Å². The largest absolute Gasteiger partial charge is 1.00 e. The van der Waals surface area contributed by atoms with Gasteiger partial charge in [-0.15, -0.1) is 0 Å². The van der Waals surface area contributed by atoms with E-state index in [0.29, 0.717) is 10.0 Å². The Kier molecular flexibility index (Phi) is 6.77. The number of nitrogens with one attached hydrogen (secondary N) is 1. The van der Waals surface area contributed by atoms with Crippen LogP contribution in [0.2, 0.25) is 10.0 Å². The quantitative estimate of drug-likeness (QED) is 0.433. The van der Waals surface area contributed by atoms with E-state index >= 15 is 0 Å². The van der Waals surface area contributed by atoms with Gasteiger partial charge in [-0.3, -0.25) is 0 Å². The fourth-order valence-corrected chi connectivity index (χ4v) is 3.37. The summed E-state index contributed by atoms with van der Waals surface area (Å²) in [6, 6.07) is 13.9. The van der Waals surface area contributed by atoms with Gasteiger partial charge in [-0.05, 0) is 26.0 Å². The SMILES string of the molecule is C=C(Nc1ccccc1)c1n(CC)c2cc(Cl)c(Cl)cc2[n+]1CC.[I-]. The van der Waals surface area contributed by atoms with E-state index in [-0.39, 0.29) is 24.0 Å². The Bertz CT molecular complexity index is 857. The lowest BCUT2D eigenvalue weighted by Gasteiger charge is -2.09. The molecule has 1 N–H and O–H groups in total. The van der Waals surface area contributed by atoms with Gasteiger partial charge in [0.2, 0.25) is 0 Å². The molecule has 0 atom stereocenters. The summed E-state index contributed by atoms with van der Waals surface area (Å²) in [5.41, 5.74) is 3.96. The summed E-state index contributed by atoms with van der Waals surface area (Å²) in [5.74, 6) is 1.03. The Morgan fingerprint density at radius 1 is 1.12 bits per heavy atom. The van der Waals surface area contributed by atoms with Crippen LogP contribution in [0.1, 0.15) is 19.7 Å². The zero-order valence-corrected chi connectivity index (χ0v) is 17.9. The van der Waals surface area contributed by atoms with Crippen molar-refractivity contribution in [1.29, 1.82) is 0 Å². The number of anilines is 1. The van der Waals surface area contributed by atoms with Gasteiger partial charge in [0, 0.05) is 17.8 Å². The number of fused-ring (bicyclic) bond motifs is 1. The lowest BCUT2D eigenvalue weighted by Crippen LogP contribution is -3.00. The molecule has 0 saturated heterocycles. The summed E-state index contributed by atoms with van der Waals surface area (Å²) >= 11 is 12.5. The van der Waals surface area contributed by atoms with E-state index in [0.717, 1.165) is 41.3 Å². The molecular formula is C19H20Cl2IN3. The number of halogens is 3. The van der Waals surface area contributed by atoms with Crippen LogP contribution in [0.5, 0.6) is 0 Å². The average Bonchev–Trinajstić information content (AvgIpc) is 2.88. The molecule has 2 aromatic carbocycles. The molecule has 0 unspecified atom stereocenters. The van der Waals surface area contributed by atoms with Crippen LogP contribution >= 0.6 is 23.2 Å². The maximum Gasteiger partial charge on any atom is 0.305 e. The van der Waals surface area contributed by atoms with E-state index in [1.807, 2.05) is 42.5 Å². The van der Waals surface area contributed by atoms with Crippen LogP contribution < -0.4 is 33.9 Å². The summed E-state index contributed by atoms with van der Waals surface area (Å²) < 4.78 is 4.42. The van der Waals surface area contributed by atoms with Gasteiger partial charge in [0.1, 0.15) is 5.70 Å². The van der Waals surface area contributed by atoms with E-state index in [4.69, 9.17) is 23.2 Å². The van der Waals surface area contributed by atoms with Crippen LogP contribution in [-0.4, -0.2) is 4.57 Å². The van der Waals surface area contributed by atoms with Gasteiger partial charge in [0.05, 0.1) is 23.1 Å². The highest BCUT2D eigenvalue weighted by Crippen LogP contribution is 2.29. The Hall–Kier alpha value is -1.24. The molecule has 0 radical (unpaired) electrons. The number of hydrogen-bond acceptors (Lipinski definition) is 1. The van der Waals surface area contributed by atoms with Gasteiger partial charge >= 0.3 is 5.82 Å². The Morgan fingerprint density at radius 3 is 2.36 bits per heavy atom. The molecule has 0 bridgehead atoms. The molecule has 25 heavy (non-hydrogen) atoms. The molecule has 1 heterocycles. The number of para-hydroxylation sites is 1. The number of rotatable bonds is 5. The van der Waals surface area contributed by atoms with Crippen molar-refractivity contribution in [3.8, 4) is 0 Å². The van der Waals surface area contributed by atoms with Crippen molar-refractivity contribution in [3.63, 3.8) is 0 Å². The van der Waals surface area contributed by atoms with Crippen molar-refractivity contribution < 1.29 is 28.5 Å². The predicted molar refractivity (Wildman–Crippen MR) is 103 cm³/mol. The fourth-order valence-electron chi connectivity index (χ4n) is 3.05. The standard InChI is InChI=1S/C19H20Cl2N3.HI/c1-4-23-17-11-15(20)16(21)12-18(17)24(5-2)19(23)13(3)22-14-9-7-6-8-10-14;/h6-12,22H,3-5H2,1-2H3;1H/q+1;/p-1. The highest BCUT2D eigenvalue weighted by molar-refractivity contribution is 6.42. The lowest BCUT2D eigenvalue weighted by atomic mass is 10.3. The highest BCUT2D eigenvalue weighted by atomic mass is 127. The van der Waals surface area contributed by atoms with E-state index in [1.54, 1.807) is 0 Å². The van der Waals surface area contributed by atoms with Gasteiger partial charge < -0.3 is 29.3 Å². The van der Waals surface area contributed by atoms with Crippen LogP contribution in [-0.2, 0) is 13.1 Å². The van der Waals surface area contributed by atoms with Crippen molar-refractivity contribution in [2.24, 2.45) is 0 Å². The third-order valence-corrected chi connectivity index (χ3v) is 4.80. The minimum atomic E-state index is 0. The minimum absolute atomic E-state index is 0. The number of nitrogens with zero attached hydrogens (tertiary/aromatic N) is 2. The summed E-state index contributed by atoms with van der Waals surface area (Å²) in [4.78, 5) is 0. The van der Waals surface area contributed by atoms with Crippen LogP contribution in [0.4, 0.5) is 5.69 Å². The van der Waals surface area contributed by atoms with Crippen molar-refractivity contribution in [2.45, 2.75) is 26.9 Å². The normalized spacial score (nSPS) is 10.6. The first-order chi connectivity index (χ1) is 11.6. The molecule has 3 aromatic rings. The maximum atomic E-state index is 6.24. The van der Waals surface area contributed by atoms with Crippen LogP contribution in [0, 0.1) is 0 Å². The highest BCUT2D eigenvalue weighted by Gasteiger charge is 2.26. The molecule has 1 aromatic heterocycles. The molecular weight excluding hydrogens is 468 g/mol. The lowest BCUT2D eigenvalue weighted by molar-refractivity contribution is -0.670.